The van der Waals surface area contributed by atoms with E-state index in [1.807, 2.05) is 35.2 Å². The number of para-hydroxylation sites is 3. The molecule has 5 rings (SSSR count). The highest BCUT2D eigenvalue weighted by Crippen LogP contribution is 2.33. The highest BCUT2D eigenvalue weighted by Gasteiger charge is 2.26. The molecule has 0 unspecified atom stereocenters. The molecule has 8 heteroatoms. The Morgan fingerprint density at radius 2 is 1.64 bits per heavy atom. The zero-order valence-corrected chi connectivity index (χ0v) is 15.0. The molecule has 0 radical (unpaired) electrons. The van der Waals surface area contributed by atoms with E-state index in [4.69, 9.17) is 4.42 Å². The van der Waals surface area contributed by atoms with Crippen molar-refractivity contribution in [3.8, 4) is 0 Å². The van der Waals surface area contributed by atoms with Gasteiger partial charge in [-0.25, -0.2) is 9.97 Å². The Labute approximate surface area is 160 Å². The summed E-state index contributed by atoms with van der Waals surface area (Å²) in [4.78, 5) is 24.1. The second-order valence-corrected chi connectivity index (χ2v) is 6.69. The zero-order chi connectivity index (χ0) is 19.1. The van der Waals surface area contributed by atoms with Gasteiger partial charge in [0.15, 0.2) is 11.4 Å². The first-order valence-electron chi connectivity index (χ1n) is 9.08. The summed E-state index contributed by atoms with van der Waals surface area (Å²) in [5.74, 6) is 0.767. The van der Waals surface area contributed by atoms with Crippen LogP contribution in [0.2, 0.25) is 0 Å². The highest BCUT2D eigenvalue weighted by atomic mass is 16.6. The Bertz CT molecular complexity index is 1180. The Morgan fingerprint density at radius 1 is 0.929 bits per heavy atom. The van der Waals surface area contributed by atoms with Gasteiger partial charge < -0.3 is 14.2 Å². The van der Waals surface area contributed by atoms with Crippen LogP contribution in [0.5, 0.6) is 0 Å². The van der Waals surface area contributed by atoms with Crippen molar-refractivity contribution < 1.29 is 9.34 Å². The van der Waals surface area contributed by atoms with Crippen LogP contribution in [0.25, 0.3) is 22.1 Å². The SMILES string of the molecule is O=[N+]([O-])c1ccccc1N1CCN(c2ncnc3c2oc2ccccc23)CC1. The van der Waals surface area contributed by atoms with Gasteiger partial charge in [0.1, 0.15) is 23.1 Å². The van der Waals surface area contributed by atoms with E-state index in [0.29, 0.717) is 37.4 Å². The van der Waals surface area contributed by atoms with Crippen LogP contribution in [0.15, 0.2) is 59.3 Å². The number of piperazine rings is 1. The summed E-state index contributed by atoms with van der Waals surface area (Å²) in [6.45, 7) is 2.71. The maximum atomic E-state index is 11.3. The van der Waals surface area contributed by atoms with Crippen LogP contribution in [0.4, 0.5) is 17.2 Å². The molecule has 0 atom stereocenters. The van der Waals surface area contributed by atoms with Crippen LogP contribution in [-0.4, -0.2) is 41.1 Å². The standard InChI is InChI=1S/C20H17N5O3/c26-25(27)16-7-3-2-6-15(16)23-9-11-24(12-10-23)20-19-18(21-13-22-20)14-5-1-4-8-17(14)28-19/h1-8,13H,9-12H2. The van der Waals surface area contributed by atoms with Crippen molar-refractivity contribution in [1.29, 1.82) is 0 Å². The lowest BCUT2D eigenvalue weighted by molar-refractivity contribution is -0.384. The van der Waals surface area contributed by atoms with Gasteiger partial charge in [-0.05, 0) is 18.2 Å². The van der Waals surface area contributed by atoms with Gasteiger partial charge in [0.05, 0.1) is 4.92 Å². The summed E-state index contributed by atoms with van der Waals surface area (Å²) >= 11 is 0. The van der Waals surface area contributed by atoms with Crippen molar-refractivity contribution in [1.82, 2.24) is 9.97 Å². The molecule has 3 heterocycles. The monoisotopic (exact) mass is 375 g/mol. The number of fused-ring (bicyclic) bond motifs is 3. The molecular formula is C20H17N5O3. The molecule has 0 N–H and O–H groups in total. The fourth-order valence-corrected chi connectivity index (χ4v) is 3.78. The number of anilines is 2. The lowest BCUT2D eigenvalue weighted by Gasteiger charge is -2.36. The molecule has 0 amide bonds. The predicted molar refractivity (Wildman–Crippen MR) is 107 cm³/mol. The Kier molecular flexibility index (Phi) is 3.82. The molecule has 0 spiro atoms. The number of rotatable bonds is 3. The Balaban J connectivity index is 1.44. The van der Waals surface area contributed by atoms with Crippen molar-refractivity contribution in [2.45, 2.75) is 0 Å². The van der Waals surface area contributed by atoms with Gasteiger partial charge in [-0.2, -0.15) is 0 Å². The molecule has 1 aliphatic heterocycles. The second kappa shape index (κ2) is 6.49. The number of nitro groups is 1. The highest BCUT2D eigenvalue weighted by molar-refractivity contribution is 6.05. The van der Waals surface area contributed by atoms with Crippen LogP contribution < -0.4 is 9.80 Å². The van der Waals surface area contributed by atoms with Crippen molar-refractivity contribution in [3.63, 3.8) is 0 Å². The summed E-state index contributed by atoms with van der Waals surface area (Å²) in [7, 11) is 0. The molecule has 1 fully saturated rings. The first kappa shape index (κ1) is 16.5. The third kappa shape index (κ3) is 2.61. The van der Waals surface area contributed by atoms with Crippen LogP contribution in [0, 0.1) is 10.1 Å². The van der Waals surface area contributed by atoms with E-state index in [-0.39, 0.29) is 10.6 Å². The molecule has 2 aromatic heterocycles. The third-order valence-electron chi connectivity index (χ3n) is 5.14. The van der Waals surface area contributed by atoms with E-state index >= 15 is 0 Å². The lowest BCUT2D eigenvalue weighted by Crippen LogP contribution is -2.47. The van der Waals surface area contributed by atoms with E-state index < -0.39 is 0 Å². The first-order valence-corrected chi connectivity index (χ1v) is 9.08. The molecule has 1 aliphatic rings. The maximum Gasteiger partial charge on any atom is 0.292 e. The number of furan rings is 1. The largest absolute Gasteiger partial charge is 0.450 e. The van der Waals surface area contributed by atoms with E-state index in [0.717, 1.165) is 22.3 Å². The fraction of sp³-hybridized carbons (Fsp3) is 0.200. The average Bonchev–Trinajstić information content (AvgIpc) is 3.13. The number of benzene rings is 2. The van der Waals surface area contributed by atoms with E-state index in [9.17, 15) is 10.1 Å². The minimum Gasteiger partial charge on any atom is -0.450 e. The third-order valence-corrected chi connectivity index (χ3v) is 5.14. The molecule has 0 bridgehead atoms. The molecule has 28 heavy (non-hydrogen) atoms. The topological polar surface area (TPSA) is 88.5 Å². The number of hydrogen-bond donors (Lipinski definition) is 0. The van der Waals surface area contributed by atoms with Gasteiger partial charge in [-0.3, -0.25) is 10.1 Å². The summed E-state index contributed by atoms with van der Waals surface area (Å²) < 4.78 is 6.03. The van der Waals surface area contributed by atoms with Gasteiger partial charge in [-0.15, -0.1) is 0 Å². The number of aromatic nitrogens is 2. The quantitative estimate of drug-likeness (QED) is 0.399. The summed E-state index contributed by atoms with van der Waals surface area (Å²) in [5, 5.41) is 12.3. The van der Waals surface area contributed by atoms with Crippen molar-refractivity contribution >= 4 is 39.3 Å². The Hall–Kier alpha value is -3.68. The fourth-order valence-electron chi connectivity index (χ4n) is 3.78. The minimum absolute atomic E-state index is 0.137. The van der Waals surface area contributed by atoms with Gasteiger partial charge in [0.25, 0.3) is 5.69 Å². The molecule has 8 nitrogen and oxygen atoms in total. The molecule has 1 saturated heterocycles. The molecule has 0 aliphatic carbocycles. The van der Waals surface area contributed by atoms with E-state index in [1.165, 1.54) is 0 Å². The van der Waals surface area contributed by atoms with Crippen molar-refractivity contribution in [2.24, 2.45) is 0 Å². The Morgan fingerprint density at radius 3 is 2.46 bits per heavy atom. The number of nitro benzene ring substituents is 1. The zero-order valence-electron chi connectivity index (χ0n) is 15.0. The molecule has 0 saturated carbocycles. The van der Waals surface area contributed by atoms with Crippen molar-refractivity contribution in [2.75, 3.05) is 36.0 Å². The average molecular weight is 375 g/mol. The second-order valence-electron chi connectivity index (χ2n) is 6.69. The maximum absolute atomic E-state index is 11.3. The first-order chi connectivity index (χ1) is 13.7. The minimum atomic E-state index is -0.329. The number of hydrogen-bond acceptors (Lipinski definition) is 7. The van der Waals surface area contributed by atoms with Crippen LogP contribution in [0.1, 0.15) is 0 Å². The van der Waals surface area contributed by atoms with Gasteiger partial charge in [0.2, 0.25) is 0 Å². The number of nitrogens with zero attached hydrogens (tertiary/aromatic N) is 5. The normalized spacial score (nSPS) is 14.7. The molecule has 4 aromatic rings. The van der Waals surface area contributed by atoms with Gasteiger partial charge in [0, 0.05) is 37.6 Å². The van der Waals surface area contributed by atoms with Crippen LogP contribution in [-0.2, 0) is 0 Å². The summed E-state index contributed by atoms with van der Waals surface area (Å²) in [6, 6.07) is 14.7. The summed E-state index contributed by atoms with van der Waals surface area (Å²) in [6.07, 6.45) is 1.56. The van der Waals surface area contributed by atoms with Crippen LogP contribution >= 0.6 is 0 Å². The predicted octanol–water partition coefficient (Wildman–Crippen LogP) is 3.61. The molecule has 2 aromatic carbocycles. The smallest absolute Gasteiger partial charge is 0.292 e. The lowest BCUT2D eigenvalue weighted by atomic mass is 10.2. The summed E-state index contributed by atoms with van der Waals surface area (Å²) in [5.41, 5.74) is 3.07. The molecule has 140 valence electrons. The van der Waals surface area contributed by atoms with Crippen LogP contribution in [0.3, 0.4) is 0 Å². The van der Waals surface area contributed by atoms with E-state index in [2.05, 4.69) is 14.9 Å². The molecular weight excluding hydrogens is 358 g/mol. The van der Waals surface area contributed by atoms with E-state index in [1.54, 1.807) is 24.5 Å². The van der Waals surface area contributed by atoms with Crippen molar-refractivity contribution in [3.05, 3.63) is 65.0 Å². The van der Waals surface area contributed by atoms with Gasteiger partial charge >= 0.3 is 0 Å². The van der Waals surface area contributed by atoms with Gasteiger partial charge in [-0.1, -0.05) is 24.3 Å².